The zero-order valence-corrected chi connectivity index (χ0v) is 18.3. The van der Waals surface area contributed by atoms with Crippen molar-refractivity contribution >= 4 is 45.0 Å². The third-order valence-electron chi connectivity index (χ3n) is 4.89. The van der Waals surface area contributed by atoms with Crippen LogP contribution in [0.5, 0.6) is 5.75 Å². The SMILES string of the molecule is COc1ccc(NS(=O)(=O)c2ccc3c(c2)NC(=O)[C@H](C(=O)N2CCOCC2)S3)cc1. The molecule has 0 bridgehead atoms. The van der Waals surface area contributed by atoms with Crippen molar-refractivity contribution in [3.63, 3.8) is 0 Å². The molecular formula is C20H21N3O6S2. The predicted molar refractivity (Wildman–Crippen MR) is 116 cm³/mol. The number of carbonyl (C=O) groups is 2. The van der Waals surface area contributed by atoms with Gasteiger partial charge in [0.25, 0.3) is 10.0 Å². The van der Waals surface area contributed by atoms with E-state index >= 15 is 0 Å². The summed E-state index contributed by atoms with van der Waals surface area (Å²) in [6, 6.07) is 10.9. The van der Waals surface area contributed by atoms with Crippen molar-refractivity contribution in [1.29, 1.82) is 0 Å². The second-order valence-corrected chi connectivity index (χ2v) is 9.75. The standard InChI is InChI=1S/C20H21N3O6S2/c1-28-14-4-2-13(3-5-14)22-31(26,27)15-6-7-17-16(12-15)21-19(24)18(30-17)20(25)23-8-10-29-11-9-23/h2-7,12,18,22H,8-11H2,1H3,(H,21,24)/t18-/m1/s1. The molecule has 1 saturated heterocycles. The number of hydrogen-bond donors (Lipinski definition) is 2. The third-order valence-corrected chi connectivity index (χ3v) is 7.53. The van der Waals surface area contributed by atoms with Gasteiger partial charge >= 0.3 is 0 Å². The van der Waals surface area contributed by atoms with Crippen molar-refractivity contribution < 1.29 is 27.5 Å². The van der Waals surface area contributed by atoms with Gasteiger partial charge in [0.15, 0.2) is 5.25 Å². The van der Waals surface area contributed by atoms with Crippen LogP contribution in [-0.4, -0.2) is 63.8 Å². The first kappa shape index (κ1) is 21.5. The number of hydrogen-bond acceptors (Lipinski definition) is 7. The first-order valence-electron chi connectivity index (χ1n) is 9.52. The Morgan fingerprint density at radius 1 is 1.19 bits per heavy atom. The maximum atomic E-state index is 12.8. The average Bonchev–Trinajstić information content (AvgIpc) is 2.78. The third kappa shape index (κ3) is 4.63. The molecule has 1 atom stereocenters. The van der Waals surface area contributed by atoms with E-state index < -0.39 is 21.2 Å². The minimum atomic E-state index is -3.87. The molecule has 0 unspecified atom stereocenters. The lowest BCUT2D eigenvalue weighted by Gasteiger charge is -2.31. The van der Waals surface area contributed by atoms with E-state index in [-0.39, 0.29) is 10.8 Å². The summed E-state index contributed by atoms with van der Waals surface area (Å²) in [4.78, 5) is 27.5. The molecule has 1 fully saturated rings. The van der Waals surface area contributed by atoms with Crippen LogP contribution in [-0.2, 0) is 24.3 Å². The molecule has 0 radical (unpaired) electrons. The Morgan fingerprint density at radius 3 is 2.58 bits per heavy atom. The van der Waals surface area contributed by atoms with Crippen LogP contribution in [0.4, 0.5) is 11.4 Å². The molecule has 0 spiro atoms. The maximum Gasteiger partial charge on any atom is 0.261 e. The molecule has 2 aromatic rings. The molecule has 2 heterocycles. The van der Waals surface area contributed by atoms with Gasteiger partial charge in [0.05, 0.1) is 30.9 Å². The Bertz CT molecular complexity index is 1100. The highest BCUT2D eigenvalue weighted by molar-refractivity contribution is 8.01. The molecule has 11 heteroatoms. The number of thioether (sulfide) groups is 1. The number of nitrogens with zero attached hydrogens (tertiary/aromatic N) is 1. The van der Waals surface area contributed by atoms with Crippen molar-refractivity contribution in [3.05, 3.63) is 42.5 Å². The number of fused-ring (bicyclic) bond motifs is 1. The van der Waals surface area contributed by atoms with E-state index in [4.69, 9.17) is 9.47 Å². The Hall–Kier alpha value is -2.76. The van der Waals surface area contributed by atoms with Gasteiger partial charge in [0.2, 0.25) is 11.8 Å². The summed E-state index contributed by atoms with van der Waals surface area (Å²) >= 11 is 1.12. The summed E-state index contributed by atoms with van der Waals surface area (Å²) < 4.78 is 38.4. The van der Waals surface area contributed by atoms with Gasteiger partial charge in [-0.1, -0.05) is 0 Å². The Kier molecular flexibility index (Phi) is 6.08. The summed E-state index contributed by atoms with van der Waals surface area (Å²) in [5.74, 6) is -0.126. The van der Waals surface area contributed by atoms with Gasteiger partial charge in [-0.2, -0.15) is 0 Å². The Balaban J connectivity index is 1.51. The number of ether oxygens (including phenoxy) is 2. The lowest BCUT2D eigenvalue weighted by Crippen LogP contribution is -2.49. The molecule has 2 aliphatic heterocycles. The van der Waals surface area contributed by atoms with E-state index in [1.807, 2.05) is 0 Å². The fraction of sp³-hybridized carbons (Fsp3) is 0.300. The largest absolute Gasteiger partial charge is 0.497 e. The smallest absolute Gasteiger partial charge is 0.261 e. The topological polar surface area (TPSA) is 114 Å². The molecule has 31 heavy (non-hydrogen) atoms. The summed E-state index contributed by atoms with van der Waals surface area (Å²) in [5, 5.41) is 1.76. The van der Waals surface area contributed by atoms with Crippen molar-refractivity contribution in [2.24, 2.45) is 0 Å². The molecular weight excluding hydrogens is 442 g/mol. The number of sulfonamides is 1. The van der Waals surface area contributed by atoms with Crippen molar-refractivity contribution in [2.45, 2.75) is 15.0 Å². The molecule has 2 N–H and O–H groups in total. The highest BCUT2D eigenvalue weighted by Crippen LogP contribution is 2.38. The van der Waals surface area contributed by atoms with Gasteiger partial charge in [-0.25, -0.2) is 8.42 Å². The lowest BCUT2D eigenvalue weighted by molar-refractivity contribution is -0.137. The van der Waals surface area contributed by atoms with Crippen LogP contribution in [0.15, 0.2) is 52.3 Å². The van der Waals surface area contributed by atoms with Crippen LogP contribution in [0.25, 0.3) is 0 Å². The molecule has 4 rings (SSSR count). The Morgan fingerprint density at radius 2 is 1.90 bits per heavy atom. The van der Waals surface area contributed by atoms with Gasteiger partial charge in [-0.3, -0.25) is 14.3 Å². The Labute approximate surface area is 184 Å². The molecule has 0 aromatic heterocycles. The summed E-state index contributed by atoms with van der Waals surface area (Å²) in [6.45, 7) is 1.79. The van der Waals surface area contributed by atoms with E-state index in [0.717, 1.165) is 11.8 Å². The highest BCUT2D eigenvalue weighted by Gasteiger charge is 2.36. The zero-order valence-electron chi connectivity index (χ0n) is 16.7. The summed E-state index contributed by atoms with van der Waals surface area (Å²) in [7, 11) is -2.35. The number of amides is 2. The highest BCUT2D eigenvalue weighted by atomic mass is 32.2. The van der Waals surface area contributed by atoms with Crippen molar-refractivity contribution in [1.82, 2.24) is 4.90 Å². The number of morpholine rings is 1. The predicted octanol–water partition coefficient (Wildman–Crippen LogP) is 1.77. The molecule has 0 aliphatic carbocycles. The van der Waals surface area contributed by atoms with Crippen molar-refractivity contribution in [2.75, 3.05) is 43.5 Å². The number of anilines is 2. The summed E-state index contributed by atoms with van der Waals surface area (Å²) in [5.41, 5.74) is 0.742. The van der Waals surface area contributed by atoms with Gasteiger partial charge in [0.1, 0.15) is 5.75 Å². The van der Waals surface area contributed by atoms with Crippen LogP contribution in [0.2, 0.25) is 0 Å². The van der Waals surface area contributed by atoms with Crippen LogP contribution in [0.3, 0.4) is 0 Å². The van der Waals surface area contributed by atoms with Crippen LogP contribution in [0.1, 0.15) is 0 Å². The second-order valence-electron chi connectivity index (χ2n) is 6.92. The van der Waals surface area contributed by atoms with Crippen molar-refractivity contribution in [3.8, 4) is 5.75 Å². The fourth-order valence-electron chi connectivity index (χ4n) is 3.24. The quantitative estimate of drug-likeness (QED) is 0.650. The van der Waals surface area contributed by atoms with Crippen LogP contribution in [0, 0.1) is 0 Å². The number of nitrogens with one attached hydrogen (secondary N) is 2. The van der Waals surface area contributed by atoms with E-state index in [1.54, 1.807) is 35.2 Å². The van der Waals surface area contributed by atoms with E-state index in [1.165, 1.54) is 19.2 Å². The minimum Gasteiger partial charge on any atom is -0.497 e. The normalized spacial score (nSPS) is 18.7. The average molecular weight is 464 g/mol. The number of benzene rings is 2. The fourth-order valence-corrected chi connectivity index (χ4v) is 5.38. The molecule has 164 valence electrons. The molecule has 9 nitrogen and oxygen atoms in total. The summed E-state index contributed by atoms with van der Waals surface area (Å²) in [6.07, 6.45) is 0. The van der Waals surface area contributed by atoms with Crippen LogP contribution >= 0.6 is 11.8 Å². The second kappa shape index (κ2) is 8.77. The first-order valence-corrected chi connectivity index (χ1v) is 11.9. The number of rotatable bonds is 5. The molecule has 2 amide bonds. The molecule has 0 saturated carbocycles. The van der Waals surface area contributed by atoms with E-state index in [9.17, 15) is 18.0 Å². The zero-order chi connectivity index (χ0) is 22.0. The maximum absolute atomic E-state index is 12.8. The van der Waals surface area contributed by atoms with E-state index in [0.29, 0.717) is 48.3 Å². The first-order chi connectivity index (χ1) is 14.9. The van der Waals surface area contributed by atoms with Gasteiger partial charge < -0.3 is 19.7 Å². The monoisotopic (exact) mass is 463 g/mol. The van der Waals surface area contributed by atoms with Gasteiger partial charge in [-0.15, -0.1) is 11.8 Å². The van der Waals surface area contributed by atoms with Gasteiger partial charge in [-0.05, 0) is 42.5 Å². The molecule has 2 aliphatic rings. The molecule has 2 aromatic carbocycles. The van der Waals surface area contributed by atoms with Gasteiger partial charge in [0, 0.05) is 23.7 Å². The number of carbonyl (C=O) groups excluding carboxylic acids is 2. The lowest BCUT2D eigenvalue weighted by atomic mass is 10.2. The van der Waals surface area contributed by atoms with E-state index in [2.05, 4.69) is 10.0 Å². The number of methoxy groups -OCH3 is 1. The van der Waals surface area contributed by atoms with Crippen LogP contribution < -0.4 is 14.8 Å². The minimum absolute atomic E-state index is 0.000855.